The molecule has 32 heavy (non-hydrogen) atoms. The zero-order valence-corrected chi connectivity index (χ0v) is 19.4. The highest BCUT2D eigenvalue weighted by molar-refractivity contribution is 5.76. The number of aromatic nitrogens is 4. The van der Waals surface area contributed by atoms with E-state index in [0.717, 1.165) is 24.2 Å². The Hall–Kier alpha value is -2.42. The van der Waals surface area contributed by atoms with Crippen LogP contribution in [0.2, 0.25) is 0 Å². The molecule has 1 aliphatic carbocycles. The van der Waals surface area contributed by atoms with E-state index in [2.05, 4.69) is 15.2 Å². The number of likely N-dealkylation sites (tertiary alicyclic amines) is 1. The maximum atomic E-state index is 12.7. The predicted molar refractivity (Wildman–Crippen MR) is 124 cm³/mol. The fraction of sp³-hybridized carbons (Fsp3) is 0.739. The second kappa shape index (κ2) is 9.60. The minimum atomic E-state index is -0.391. The molecule has 0 unspecified atom stereocenters. The molecule has 2 aromatic rings. The summed E-state index contributed by atoms with van der Waals surface area (Å²) in [7, 11) is 3.08. The molecular formula is C23H36N6O3. The van der Waals surface area contributed by atoms with Gasteiger partial charge in [0.15, 0.2) is 11.2 Å². The van der Waals surface area contributed by atoms with E-state index < -0.39 is 5.69 Å². The fourth-order valence-corrected chi connectivity index (χ4v) is 5.51. The summed E-state index contributed by atoms with van der Waals surface area (Å²) >= 11 is 0. The Kier molecular flexibility index (Phi) is 6.83. The molecule has 0 spiro atoms. The number of carbonyl (C=O) groups excluding carboxylic acids is 1. The third-order valence-corrected chi connectivity index (χ3v) is 7.45. The fourth-order valence-electron chi connectivity index (χ4n) is 5.51. The highest BCUT2D eigenvalue weighted by atomic mass is 16.2. The molecule has 0 aromatic carbocycles. The van der Waals surface area contributed by atoms with Gasteiger partial charge in [-0.05, 0) is 45.2 Å². The third kappa shape index (κ3) is 4.40. The van der Waals surface area contributed by atoms with Crippen LogP contribution in [0.15, 0.2) is 15.9 Å². The molecule has 0 atom stereocenters. The van der Waals surface area contributed by atoms with Crippen molar-refractivity contribution < 1.29 is 4.79 Å². The maximum Gasteiger partial charge on any atom is 0.332 e. The number of hydrogen-bond acceptors (Lipinski definition) is 5. The number of nitrogens with one attached hydrogen (secondary N) is 1. The van der Waals surface area contributed by atoms with Crippen LogP contribution in [0.25, 0.3) is 11.2 Å². The van der Waals surface area contributed by atoms with Crippen molar-refractivity contribution in [3.63, 3.8) is 0 Å². The summed E-state index contributed by atoms with van der Waals surface area (Å²) in [5.41, 5.74) is 0.166. The van der Waals surface area contributed by atoms with Gasteiger partial charge in [0, 0.05) is 39.1 Å². The minimum absolute atomic E-state index is 0.0664. The van der Waals surface area contributed by atoms with Crippen molar-refractivity contribution in [3.8, 4) is 0 Å². The monoisotopic (exact) mass is 444 g/mol. The Morgan fingerprint density at radius 1 is 1.03 bits per heavy atom. The Morgan fingerprint density at radius 3 is 2.44 bits per heavy atom. The van der Waals surface area contributed by atoms with Gasteiger partial charge in [0.1, 0.15) is 0 Å². The standard InChI is InChI=1S/C23H36N6O3/c1-26-20-19(21(31)27(2)22(26)32)28(17-25-20)13-9-10-18(30)24-16-23(11-5-3-6-12-23)29-14-7-4-8-15-29/h17H,3-16H2,1-2H3,(H,24,30). The smallest absolute Gasteiger partial charge is 0.332 e. The average Bonchev–Trinajstić information content (AvgIpc) is 3.25. The quantitative estimate of drug-likeness (QED) is 0.699. The topological polar surface area (TPSA) is 94.2 Å². The van der Waals surface area contributed by atoms with Crippen molar-refractivity contribution in [2.75, 3.05) is 19.6 Å². The first-order chi connectivity index (χ1) is 15.4. The van der Waals surface area contributed by atoms with Gasteiger partial charge in [-0.25, -0.2) is 9.78 Å². The van der Waals surface area contributed by atoms with Crippen LogP contribution in [-0.4, -0.2) is 54.7 Å². The van der Waals surface area contributed by atoms with E-state index in [1.165, 1.54) is 63.0 Å². The first-order valence-corrected chi connectivity index (χ1v) is 12.1. The second-order valence-corrected chi connectivity index (χ2v) is 9.53. The number of aryl methyl sites for hydroxylation is 2. The number of piperidine rings is 1. The van der Waals surface area contributed by atoms with E-state index >= 15 is 0 Å². The van der Waals surface area contributed by atoms with Crippen LogP contribution in [0.5, 0.6) is 0 Å². The van der Waals surface area contributed by atoms with Crippen LogP contribution < -0.4 is 16.6 Å². The lowest BCUT2D eigenvalue weighted by molar-refractivity contribution is -0.122. The Balaban J connectivity index is 1.35. The molecule has 9 nitrogen and oxygen atoms in total. The molecule has 4 rings (SSSR count). The van der Waals surface area contributed by atoms with Gasteiger partial charge < -0.3 is 9.88 Å². The van der Waals surface area contributed by atoms with Gasteiger partial charge in [-0.1, -0.05) is 25.7 Å². The molecule has 1 N–H and O–H groups in total. The van der Waals surface area contributed by atoms with Crippen molar-refractivity contribution in [1.29, 1.82) is 0 Å². The highest BCUT2D eigenvalue weighted by Gasteiger charge is 2.38. The molecule has 1 aliphatic heterocycles. The van der Waals surface area contributed by atoms with Gasteiger partial charge in [0.05, 0.1) is 6.33 Å². The third-order valence-electron chi connectivity index (χ3n) is 7.45. The van der Waals surface area contributed by atoms with E-state index in [-0.39, 0.29) is 17.0 Å². The lowest BCUT2D eigenvalue weighted by Gasteiger charge is -2.48. The molecule has 1 amide bonds. The van der Waals surface area contributed by atoms with Gasteiger partial charge in [0.2, 0.25) is 5.91 Å². The summed E-state index contributed by atoms with van der Waals surface area (Å²) in [4.78, 5) is 44.2. The first-order valence-electron chi connectivity index (χ1n) is 12.1. The molecule has 0 bridgehead atoms. The van der Waals surface area contributed by atoms with Gasteiger partial charge in [-0.3, -0.25) is 23.6 Å². The van der Waals surface area contributed by atoms with Gasteiger partial charge in [-0.15, -0.1) is 0 Å². The summed E-state index contributed by atoms with van der Waals surface area (Å²) < 4.78 is 4.22. The van der Waals surface area contributed by atoms with Crippen molar-refractivity contribution in [2.24, 2.45) is 14.1 Å². The van der Waals surface area contributed by atoms with Gasteiger partial charge in [-0.2, -0.15) is 0 Å². The molecule has 2 fully saturated rings. The zero-order valence-electron chi connectivity index (χ0n) is 19.4. The average molecular weight is 445 g/mol. The molecule has 3 heterocycles. The summed E-state index contributed by atoms with van der Waals surface area (Å²) in [5.74, 6) is 0.0664. The number of fused-ring (bicyclic) bond motifs is 1. The van der Waals surface area contributed by atoms with Crippen LogP contribution in [0.1, 0.15) is 64.2 Å². The van der Waals surface area contributed by atoms with E-state index in [9.17, 15) is 14.4 Å². The zero-order chi connectivity index (χ0) is 22.7. The summed E-state index contributed by atoms with van der Waals surface area (Å²) in [6, 6.07) is 0. The molecular weight excluding hydrogens is 408 g/mol. The lowest BCUT2D eigenvalue weighted by atomic mass is 9.79. The minimum Gasteiger partial charge on any atom is -0.354 e. The Morgan fingerprint density at radius 2 is 1.72 bits per heavy atom. The van der Waals surface area contributed by atoms with Crippen LogP contribution in [0.3, 0.4) is 0 Å². The van der Waals surface area contributed by atoms with E-state index in [1.54, 1.807) is 17.9 Å². The number of rotatable bonds is 7. The second-order valence-electron chi connectivity index (χ2n) is 9.53. The summed E-state index contributed by atoms with van der Waals surface area (Å²) in [6.45, 7) is 3.55. The largest absolute Gasteiger partial charge is 0.354 e. The normalized spacial score (nSPS) is 19.3. The summed E-state index contributed by atoms with van der Waals surface area (Å²) in [5, 5.41) is 3.23. The van der Waals surface area contributed by atoms with Crippen molar-refractivity contribution in [1.82, 2.24) is 28.9 Å². The van der Waals surface area contributed by atoms with Crippen molar-refractivity contribution in [2.45, 2.75) is 76.3 Å². The number of amides is 1. The number of carbonyl (C=O) groups is 1. The molecule has 2 aliphatic rings. The van der Waals surface area contributed by atoms with Gasteiger partial charge in [0.25, 0.3) is 5.56 Å². The molecule has 1 saturated heterocycles. The molecule has 1 saturated carbocycles. The Bertz CT molecular complexity index is 1070. The molecule has 9 heteroatoms. The molecule has 0 radical (unpaired) electrons. The SMILES string of the molecule is Cn1c(=O)c2c(ncn2CCCC(=O)NCC2(N3CCCCC3)CCCCC2)n(C)c1=O. The van der Waals surface area contributed by atoms with E-state index in [1.807, 2.05) is 0 Å². The lowest BCUT2D eigenvalue weighted by Crippen LogP contribution is -2.58. The maximum absolute atomic E-state index is 12.7. The summed E-state index contributed by atoms with van der Waals surface area (Å²) in [6.07, 6.45) is 12.6. The van der Waals surface area contributed by atoms with Gasteiger partial charge >= 0.3 is 5.69 Å². The molecule has 176 valence electrons. The van der Waals surface area contributed by atoms with Crippen LogP contribution in [0.4, 0.5) is 0 Å². The first kappa shape index (κ1) is 22.8. The van der Waals surface area contributed by atoms with Crippen molar-refractivity contribution >= 4 is 17.1 Å². The van der Waals surface area contributed by atoms with Crippen LogP contribution >= 0.6 is 0 Å². The predicted octanol–water partition coefficient (Wildman–Crippen LogP) is 1.52. The van der Waals surface area contributed by atoms with Crippen LogP contribution in [0, 0.1) is 0 Å². The van der Waals surface area contributed by atoms with E-state index in [0.29, 0.717) is 30.6 Å². The number of nitrogens with zero attached hydrogens (tertiary/aromatic N) is 5. The molecule has 2 aromatic heterocycles. The number of hydrogen-bond donors (Lipinski definition) is 1. The van der Waals surface area contributed by atoms with Crippen molar-refractivity contribution in [3.05, 3.63) is 27.2 Å². The Labute approximate surface area is 188 Å². The van der Waals surface area contributed by atoms with Crippen LogP contribution in [-0.2, 0) is 25.4 Å². The highest BCUT2D eigenvalue weighted by Crippen LogP contribution is 2.35. The van der Waals surface area contributed by atoms with E-state index in [4.69, 9.17) is 0 Å². The number of imidazole rings is 1.